The summed E-state index contributed by atoms with van der Waals surface area (Å²) in [6, 6.07) is 17.3. The Bertz CT molecular complexity index is 2230. The van der Waals surface area contributed by atoms with Crippen molar-refractivity contribution >= 4 is 46.2 Å². The van der Waals surface area contributed by atoms with Crippen LogP contribution in [0.3, 0.4) is 0 Å². The molecule has 0 bridgehead atoms. The van der Waals surface area contributed by atoms with Crippen LogP contribution >= 0.6 is 23.2 Å². The van der Waals surface area contributed by atoms with E-state index >= 15 is 0 Å². The average Bonchev–Trinajstić information content (AvgIpc) is 3.69. The van der Waals surface area contributed by atoms with Crippen LogP contribution < -0.4 is 15.4 Å². The minimum Gasteiger partial charge on any atom is -0.496 e. The van der Waals surface area contributed by atoms with Gasteiger partial charge in [0, 0.05) is 91.3 Å². The molecule has 3 aromatic heterocycles. The summed E-state index contributed by atoms with van der Waals surface area (Å²) >= 11 is 14.3. The fourth-order valence-corrected chi connectivity index (χ4v) is 7.71. The van der Waals surface area contributed by atoms with E-state index < -0.39 is 11.7 Å². The highest BCUT2D eigenvalue weighted by molar-refractivity contribution is 6.39. The van der Waals surface area contributed by atoms with Gasteiger partial charge in [-0.05, 0) is 63.4 Å². The van der Waals surface area contributed by atoms with E-state index in [1.807, 2.05) is 80.9 Å². The normalized spacial score (nSPS) is 16.9. The number of halogens is 2. The Morgan fingerprint density at radius 3 is 2.55 bits per heavy atom. The van der Waals surface area contributed by atoms with Crippen LogP contribution in [-0.2, 0) is 34.4 Å². The van der Waals surface area contributed by atoms with Gasteiger partial charge >= 0.3 is 6.09 Å². The summed E-state index contributed by atoms with van der Waals surface area (Å²) in [5.74, 6) is 0.534. The van der Waals surface area contributed by atoms with Crippen molar-refractivity contribution in [3.05, 3.63) is 88.2 Å². The lowest BCUT2D eigenvalue weighted by Crippen LogP contribution is -2.43. The SMILES string of the molecule is COc1cc(-c2nccc(-c3cccc(-c4ccc5c(CNC[C@@H]6CCO6)cn(C)c5n4)c3Cl)c2Cl)ccc1CN(C[C@@H]1CCC(=O)N1)C(=O)OC(C)(C)C. The van der Waals surface area contributed by atoms with Crippen molar-refractivity contribution in [2.24, 2.45) is 7.05 Å². The Morgan fingerprint density at radius 1 is 1.05 bits per heavy atom. The van der Waals surface area contributed by atoms with Crippen molar-refractivity contribution in [3.63, 3.8) is 0 Å². The van der Waals surface area contributed by atoms with Crippen LogP contribution in [0.25, 0.3) is 44.7 Å². The lowest BCUT2D eigenvalue weighted by molar-refractivity contribution is -0.119. The first-order valence-electron chi connectivity index (χ1n) is 18.5. The van der Waals surface area contributed by atoms with Crippen LogP contribution in [-0.4, -0.2) is 76.0 Å². The van der Waals surface area contributed by atoms with E-state index in [0.717, 1.165) is 70.7 Å². The van der Waals surface area contributed by atoms with E-state index in [1.165, 1.54) is 5.56 Å². The molecular formula is C42H46Cl2N6O5. The number of nitrogens with zero attached hydrogens (tertiary/aromatic N) is 4. The fraction of sp³-hybridized carbons (Fsp3) is 0.381. The van der Waals surface area contributed by atoms with Gasteiger partial charge in [-0.2, -0.15) is 0 Å². The molecule has 7 rings (SSSR count). The molecule has 0 spiro atoms. The highest BCUT2D eigenvalue weighted by Gasteiger charge is 2.29. The number of methoxy groups -OCH3 is 1. The molecule has 2 atom stereocenters. The number of ether oxygens (including phenoxy) is 3. The van der Waals surface area contributed by atoms with E-state index in [2.05, 4.69) is 27.9 Å². The molecule has 0 radical (unpaired) electrons. The summed E-state index contributed by atoms with van der Waals surface area (Å²) < 4.78 is 19.1. The summed E-state index contributed by atoms with van der Waals surface area (Å²) in [4.78, 5) is 36.5. The maximum atomic E-state index is 13.3. The summed E-state index contributed by atoms with van der Waals surface area (Å²) in [6.07, 6.45) is 5.84. The van der Waals surface area contributed by atoms with E-state index in [1.54, 1.807) is 18.2 Å². The third-order valence-electron chi connectivity index (χ3n) is 9.94. The number of aromatic nitrogens is 3. The molecule has 11 nitrogen and oxygen atoms in total. The zero-order chi connectivity index (χ0) is 38.9. The third-order valence-corrected chi connectivity index (χ3v) is 10.7. The summed E-state index contributed by atoms with van der Waals surface area (Å²) in [6.45, 7) is 8.41. The maximum absolute atomic E-state index is 13.3. The Morgan fingerprint density at radius 2 is 1.84 bits per heavy atom. The van der Waals surface area contributed by atoms with Gasteiger partial charge in [-0.15, -0.1) is 0 Å². The van der Waals surface area contributed by atoms with Gasteiger partial charge in [0.05, 0.1) is 41.2 Å². The molecule has 0 saturated carbocycles. The van der Waals surface area contributed by atoms with Gasteiger partial charge < -0.3 is 34.3 Å². The lowest BCUT2D eigenvalue weighted by Gasteiger charge is -2.29. The number of fused-ring (bicyclic) bond motifs is 1. The Kier molecular flexibility index (Phi) is 11.4. The van der Waals surface area contributed by atoms with Crippen LogP contribution in [0.5, 0.6) is 5.75 Å². The van der Waals surface area contributed by atoms with Crippen molar-refractivity contribution in [2.75, 3.05) is 26.8 Å². The molecule has 13 heteroatoms. The van der Waals surface area contributed by atoms with Gasteiger partial charge in [0.1, 0.15) is 17.0 Å². The first-order chi connectivity index (χ1) is 26.4. The van der Waals surface area contributed by atoms with Crippen molar-refractivity contribution in [1.29, 1.82) is 0 Å². The summed E-state index contributed by atoms with van der Waals surface area (Å²) in [5, 5.41) is 8.50. The molecule has 2 aliphatic rings. The van der Waals surface area contributed by atoms with Crippen LogP contribution in [0.15, 0.2) is 67.0 Å². The summed E-state index contributed by atoms with van der Waals surface area (Å²) in [5.41, 5.74) is 6.42. The van der Waals surface area contributed by atoms with Gasteiger partial charge in [-0.3, -0.25) is 9.78 Å². The number of benzene rings is 2. The number of pyridine rings is 2. The third kappa shape index (κ3) is 8.60. The van der Waals surface area contributed by atoms with Gasteiger partial charge in [-0.1, -0.05) is 53.5 Å². The number of amides is 2. The highest BCUT2D eigenvalue weighted by atomic mass is 35.5. The second-order valence-electron chi connectivity index (χ2n) is 15.1. The fourth-order valence-electron chi connectivity index (χ4n) is 7.07. The molecule has 2 aliphatic heterocycles. The van der Waals surface area contributed by atoms with Crippen molar-refractivity contribution in [3.8, 4) is 39.4 Å². The molecule has 2 N–H and O–H groups in total. The molecule has 2 fully saturated rings. The molecule has 0 aliphatic carbocycles. The minimum absolute atomic E-state index is 0.0195. The van der Waals surface area contributed by atoms with Gasteiger partial charge in [0.25, 0.3) is 0 Å². The Hall–Kier alpha value is -4.68. The first kappa shape index (κ1) is 38.6. The van der Waals surface area contributed by atoms with Crippen molar-refractivity contribution in [1.82, 2.24) is 30.1 Å². The summed E-state index contributed by atoms with van der Waals surface area (Å²) in [7, 11) is 3.59. The first-order valence-corrected chi connectivity index (χ1v) is 19.3. The molecule has 2 saturated heterocycles. The van der Waals surface area contributed by atoms with E-state index in [0.29, 0.717) is 47.0 Å². The number of nitrogens with one attached hydrogen (secondary N) is 2. The second kappa shape index (κ2) is 16.2. The molecule has 55 heavy (non-hydrogen) atoms. The van der Waals surface area contributed by atoms with Crippen LogP contribution in [0.4, 0.5) is 4.79 Å². The van der Waals surface area contributed by atoms with Crippen molar-refractivity contribution in [2.45, 2.75) is 70.9 Å². The largest absolute Gasteiger partial charge is 0.496 e. The van der Waals surface area contributed by atoms with Crippen LogP contribution in [0.2, 0.25) is 10.0 Å². The topological polar surface area (TPSA) is 120 Å². The average molecular weight is 786 g/mol. The Balaban J connectivity index is 1.14. The van der Waals surface area contributed by atoms with E-state index in [4.69, 9.17) is 42.4 Å². The molecular weight excluding hydrogens is 739 g/mol. The second-order valence-corrected chi connectivity index (χ2v) is 15.9. The van der Waals surface area contributed by atoms with Crippen LogP contribution in [0.1, 0.15) is 51.2 Å². The standard InChI is InChI=1S/C42H46Cl2N6O5/c1-42(2,3)55-41(52)50(24-28-11-14-36(51)47-28)23-26-10-9-25(19-35(26)53-5)39-38(44)32(15-17-46-39)31-7-6-8-33(37(31)43)34-13-12-30-27(22-49(4)40(30)48-34)20-45-21-29-16-18-54-29/h6-10,12-13,15,17,19,22,28-29,45H,11,14,16,18,20-21,23-24H2,1-5H3,(H,47,51)/t28-,29-/m0/s1. The number of hydrogen-bond donors (Lipinski definition) is 2. The Labute approximate surface area is 331 Å². The van der Waals surface area contributed by atoms with Gasteiger partial charge in [0.2, 0.25) is 5.91 Å². The lowest BCUT2D eigenvalue weighted by atomic mass is 9.99. The zero-order valence-electron chi connectivity index (χ0n) is 31.7. The number of aryl methyl sites for hydroxylation is 1. The monoisotopic (exact) mass is 784 g/mol. The highest BCUT2D eigenvalue weighted by Crippen LogP contribution is 2.42. The molecule has 2 aromatic carbocycles. The molecule has 288 valence electrons. The number of carbonyl (C=O) groups is 2. The minimum atomic E-state index is -0.684. The molecule has 2 amide bonds. The van der Waals surface area contributed by atoms with E-state index in [-0.39, 0.29) is 18.5 Å². The van der Waals surface area contributed by atoms with Crippen LogP contribution in [0, 0.1) is 0 Å². The van der Waals surface area contributed by atoms with Crippen molar-refractivity contribution < 1.29 is 23.8 Å². The van der Waals surface area contributed by atoms with E-state index in [9.17, 15) is 9.59 Å². The smallest absolute Gasteiger partial charge is 0.410 e. The number of rotatable bonds is 12. The predicted octanol–water partition coefficient (Wildman–Crippen LogP) is 8.18. The zero-order valence-corrected chi connectivity index (χ0v) is 33.3. The van der Waals surface area contributed by atoms with Gasteiger partial charge in [0.15, 0.2) is 0 Å². The molecule has 0 unspecified atom stereocenters. The van der Waals surface area contributed by atoms with Gasteiger partial charge in [-0.25, -0.2) is 9.78 Å². The maximum Gasteiger partial charge on any atom is 0.410 e. The number of carbonyl (C=O) groups excluding carboxylic acids is 2. The molecule has 5 heterocycles. The molecule has 5 aromatic rings. The number of hydrogen-bond acceptors (Lipinski definition) is 8. The predicted molar refractivity (Wildman–Crippen MR) is 215 cm³/mol. The quantitative estimate of drug-likeness (QED) is 0.130.